The van der Waals surface area contributed by atoms with Crippen LogP contribution < -0.4 is 9.13 Å². The summed E-state index contributed by atoms with van der Waals surface area (Å²) >= 11 is 0. The number of Topliss-reactive ketones (excluding diaryl/α,β-unsaturated/α-hetero) is 2. The Kier molecular flexibility index (Phi) is 44.9. The Labute approximate surface area is 311 Å². The molecule has 0 aliphatic heterocycles. The van der Waals surface area contributed by atoms with Crippen molar-refractivity contribution < 1.29 is 71.6 Å². The minimum Gasteiger partial charge on any atom is -0.461 e. The third-order valence-electron chi connectivity index (χ3n) is 4.99. The second kappa shape index (κ2) is 39.3. The van der Waals surface area contributed by atoms with Crippen molar-refractivity contribution in [1.29, 1.82) is 0 Å². The topological polar surface area (TPSA) is 123 Å². The van der Waals surface area contributed by atoms with Gasteiger partial charge < -0.3 is 45.7 Å². The van der Waals surface area contributed by atoms with Gasteiger partial charge in [0.05, 0.1) is 5.78 Å². The van der Waals surface area contributed by atoms with Gasteiger partial charge in [0.15, 0.2) is 37.9 Å². The molecule has 2 heterocycles. The van der Waals surface area contributed by atoms with Crippen molar-refractivity contribution in [2.75, 3.05) is 7.11 Å². The fourth-order valence-electron chi connectivity index (χ4n) is 3.02. The summed E-state index contributed by atoms with van der Waals surface area (Å²) in [7, 11) is 3.33. The molecule has 47 heavy (non-hydrogen) atoms. The van der Waals surface area contributed by atoms with Crippen LogP contribution in [0.15, 0.2) is 116 Å². The van der Waals surface area contributed by atoms with Gasteiger partial charge in [0.25, 0.3) is 8.05 Å². The maximum Gasteiger partial charge on any atom is 3.00 e. The number of pyridine rings is 2. The first kappa shape index (κ1) is 53.6. The van der Waals surface area contributed by atoms with E-state index in [4.69, 9.17) is 20.2 Å². The molecule has 0 atom stereocenters. The SMILES string of the molecule is C.CB(O)O.CO.[B]O.[CH2-]C.[CH2-]CC(=O)c1cc[n+](Cc2ccccc2)cc1.[CH2-]CC(C)=O.[Y+3].c1ccc(C[n+]2ccccc2)cc1. The summed E-state index contributed by atoms with van der Waals surface area (Å²) in [5.74, 6) is 0.224. The number of benzene rings is 2. The molecule has 4 rings (SSSR count). The quantitative estimate of drug-likeness (QED) is 0.0968. The van der Waals surface area contributed by atoms with Crippen LogP contribution in [0.3, 0.4) is 0 Å². The number of ketones is 2. The fraction of sp³-hybridized carbons (Fsp3) is 0.250. The molecular weight excluding hydrogens is 667 g/mol. The van der Waals surface area contributed by atoms with E-state index < -0.39 is 7.12 Å². The maximum atomic E-state index is 11.4. The molecule has 0 aliphatic carbocycles. The molecule has 0 fully saturated rings. The fourth-order valence-corrected chi connectivity index (χ4v) is 3.02. The molecule has 11 heteroatoms. The Morgan fingerprint density at radius 3 is 1.28 bits per heavy atom. The zero-order chi connectivity index (χ0) is 34.9. The van der Waals surface area contributed by atoms with Gasteiger partial charge in [0, 0.05) is 48.1 Å². The third kappa shape index (κ3) is 32.9. The van der Waals surface area contributed by atoms with E-state index in [-0.39, 0.29) is 51.7 Å². The zero-order valence-corrected chi connectivity index (χ0v) is 30.5. The number of rotatable bonds is 7. The van der Waals surface area contributed by atoms with Crippen LogP contribution in [0, 0.1) is 20.8 Å². The second-order valence-corrected chi connectivity index (χ2v) is 8.54. The second-order valence-electron chi connectivity index (χ2n) is 8.54. The first-order valence-corrected chi connectivity index (χ1v) is 14.1. The van der Waals surface area contributed by atoms with Crippen LogP contribution in [-0.2, 0) is 50.6 Å². The van der Waals surface area contributed by atoms with Gasteiger partial charge in [0.1, 0.15) is 5.78 Å². The van der Waals surface area contributed by atoms with E-state index in [9.17, 15) is 9.59 Å². The van der Waals surface area contributed by atoms with Crippen LogP contribution >= 0.6 is 0 Å². The van der Waals surface area contributed by atoms with E-state index in [0.29, 0.717) is 12.8 Å². The summed E-state index contributed by atoms with van der Waals surface area (Å²) in [4.78, 5) is 21.2. The molecule has 8 nitrogen and oxygen atoms in total. The molecule has 2 aromatic carbocycles. The number of hydrogen-bond donors (Lipinski definition) is 4. The summed E-state index contributed by atoms with van der Waals surface area (Å²) in [5.41, 5.74) is 3.30. The number of hydrogen-bond acceptors (Lipinski definition) is 6. The molecule has 0 bridgehead atoms. The molecule has 0 spiro atoms. The van der Waals surface area contributed by atoms with E-state index >= 15 is 0 Å². The molecule has 0 saturated carbocycles. The van der Waals surface area contributed by atoms with Crippen molar-refractivity contribution >= 4 is 26.7 Å². The molecule has 2 aromatic heterocycles. The Bertz CT molecular complexity index is 1170. The predicted octanol–water partition coefficient (Wildman–Crippen LogP) is 4.48. The van der Waals surface area contributed by atoms with Gasteiger partial charge in [-0.3, -0.25) is 4.79 Å². The molecule has 4 N–H and O–H groups in total. The Morgan fingerprint density at radius 1 is 0.681 bits per heavy atom. The molecular formula is C36H53B2N2O6Y+2. The number of carbonyl (C=O) groups is 2. The van der Waals surface area contributed by atoms with Crippen LogP contribution in [-0.4, -0.2) is 54.0 Å². The average Bonchev–Trinajstić information content (AvgIpc) is 3.09. The van der Waals surface area contributed by atoms with Crippen molar-refractivity contribution in [3.63, 3.8) is 0 Å². The van der Waals surface area contributed by atoms with Crippen molar-refractivity contribution in [3.05, 3.63) is 153 Å². The summed E-state index contributed by atoms with van der Waals surface area (Å²) in [6.45, 7) is 16.5. The normalized spacial score (nSPS) is 8.15. The average molecular weight is 720 g/mol. The summed E-state index contributed by atoms with van der Waals surface area (Å²) < 4.78 is 4.21. The van der Waals surface area contributed by atoms with E-state index in [0.717, 1.165) is 25.8 Å². The molecule has 0 unspecified atom stereocenters. The van der Waals surface area contributed by atoms with Gasteiger partial charge in [-0.2, -0.15) is 6.92 Å². The monoisotopic (exact) mass is 720 g/mol. The standard InChI is InChI=1S/C15H15NO.C12H12N.C4H7O.C2H5.CH5BO2.CH4O.CH4.BHO.Y/c1-2-15(17)14-8-10-16(11-9-14)12-13-6-4-3-5-7-13;1-3-7-12(8-4-1)11-13-9-5-2-6-10-13;1-3-4(2)5;1-2;1-2(3)4;1-2;;1-2;/h3-11H,1-2,12H2;1-10H,11H2;1,3H2,2H3;1H2,2H3;3-4H,1H3;2H,1H3;1H4;2H;/q;+1;2*-1;;;;;+3. The number of aliphatic hydroxyl groups is 1. The molecule has 2 radical (unpaired) electrons. The first-order valence-electron chi connectivity index (χ1n) is 14.1. The van der Waals surface area contributed by atoms with Crippen LogP contribution in [0.2, 0.25) is 6.82 Å². The van der Waals surface area contributed by atoms with E-state index in [1.54, 1.807) is 6.92 Å². The van der Waals surface area contributed by atoms with Crippen molar-refractivity contribution in [1.82, 2.24) is 0 Å². The van der Waals surface area contributed by atoms with E-state index in [2.05, 4.69) is 86.7 Å². The molecule has 4 aromatic rings. The summed E-state index contributed by atoms with van der Waals surface area (Å²) in [6.07, 6.45) is 8.73. The number of carbonyl (C=O) groups excluding carboxylic acids is 2. The Hall–Kier alpha value is -2.85. The van der Waals surface area contributed by atoms with E-state index in [1.165, 1.54) is 24.9 Å². The van der Waals surface area contributed by atoms with E-state index in [1.807, 2.05) is 67.0 Å². The first-order chi connectivity index (χ1) is 21.7. The van der Waals surface area contributed by atoms with Crippen LogP contribution in [0.25, 0.3) is 0 Å². The van der Waals surface area contributed by atoms with Crippen molar-refractivity contribution in [2.45, 2.75) is 54.0 Å². The van der Waals surface area contributed by atoms with Gasteiger partial charge in [-0.1, -0.05) is 74.2 Å². The van der Waals surface area contributed by atoms with Gasteiger partial charge in [0.2, 0.25) is 0 Å². The van der Waals surface area contributed by atoms with Crippen LogP contribution in [0.4, 0.5) is 0 Å². The minimum atomic E-state index is -1.17. The third-order valence-corrected chi connectivity index (χ3v) is 4.99. The zero-order valence-electron chi connectivity index (χ0n) is 27.7. The predicted molar refractivity (Wildman–Crippen MR) is 189 cm³/mol. The molecule has 250 valence electrons. The minimum absolute atomic E-state index is 0. The molecule has 0 saturated heterocycles. The van der Waals surface area contributed by atoms with Gasteiger partial charge in [-0.05, 0) is 13.7 Å². The number of aliphatic hydroxyl groups excluding tert-OH is 1. The van der Waals surface area contributed by atoms with Gasteiger partial charge >= 0.3 is 39.8 Å². The molecule has 0 amide bonds. The smallest absolute Gasteiger partial charge is 0.461 e. The molecule has 0 aliphatic rings. The Morgan fingerprint density at radius 2 is 0.979 bits per heavy atom. The largest absolute Gasteiger partial charge is 3.00 e. The van der Waals surface area contributed by atoms with Crippen molar-refractivity contribution in [2.24, 2.45) is 0 Å². The maximum absolute atomic E-state index is 11.4. The van der Waals surface area contributed by atoms with Crippen molar-refractivity contribution in [3.8, 4) is 0 Å². The van der Waals surface area contributed by atoms with Crippen LogP contribution in [0.1, 0.15) is 55.6 Å². The summed E-state index contributed by atoms with van der Waals surface area (Å²) in [5, 5.41) is 28.7. The number of nitrogens with zero attached hydrogens (tertiary/aromatic N) is 2. The number of aromatic nitrogens is 2. The summed E-state index contributed by atoms with van der Waals surface area (Å²) in [6, 6.07) is 30.5. The Balaban J connectivity index is -0.000000174. The van der Waals surface area contributed by atoms with Gasteiger partial charge in [-0.15, -0.1) is 12.8 Å². The van der Waals surface area contributed by atoms with Gasteiger partial charge in [-0.25, -0.2) is 9.13 Å². The van der Waals surface area contributed by atoms with Crippen LogP contribution in [0.5, 0.6) is 0 Å².